The van der Waals surface area contributed by atoms with E-state index in [-0.39, 0.29) is 24.1 Å². The molecule has 176 valence electrons. The fourth-order valence-electron chi connectivity index (χ4n) is 4.92. The zero-order valence-corrected chi connectivity index (χ0v) is 19.8. The first-order chi connectivity index (χ1) is 15.9. The number of hydrogen-bond acceptors (Lipinski definition) is 7. The van der Waals surface area contributed by atoms with Crippen LogP contribution >= 0.6 is 0 Å². The topological polar surface area (TPSA) is 82.6 Å². The first-order valence-corrected chi connectivity index (χ1v) is 12.1. The van der Waals surface area contributed by atoms with Crippen molar-refractivity contribution in [1.29, 1.82) is 0 Å². The molecular formula is C25H34N6O2. The maximum Gasteiger partial charge on any atom is 0.415 e. The molecule has 3 aliphatic rings. The highest BCUT2D eigenvalue weighted by Gasteiger charge is 2.48. The summed E-state index contributed by atoms with van der Waals surface area (Å²) in [5, 5.41) is 6.93. The Morgan fingerprint density at radius 1 is 1.21 bits per heavy atom. The fourth-order valence-corrected chi connectivity index (χ4v) is 4.92. The van der Waals surface area contributed by atoms with Crippen molar-refractivity contribution in [2.24, 2.45) is 5.92 Å². The Kier molecular flexibility index (Phi) is 5.97. The average molecular weight is 451 g/mol. The monoisotopic (exact) mass is 450 g/mol. The molecule has 1 spiro atoms. The first-order valence-electron chi connectivity index (χ1n) is 12.1. The van der Waals surface area contributed by atoms with Gasteiger partial charge in [-0.15, -0.1) is 0 Å². The van der Waals surface area contributed by atoms with Gasteiger partial charge in [-0.3, -0.25) is 9.80 Å². The minimum atomic E-state index is -0.348. The third-order valence-electron chi connectivity index (χ3n) is 7.27. The van der Waals surface area contributed by atoms with Crippen LogP contribution in [0, 0.1) is 5.92 Å². The van der Waals surface area contributed by atoms with E-state index >= 15 is 0 Å². The number of amides is 1. The maximum atomic E-state index is 12.3. The summed E-state index contributed by atoms with van der Waals surface area (Å²) in [6.07, 6.45) is 3.96. The summed E-state index contributed by atoms with van der Waals surface area (Å²) in [4.78, 5) is 25.6. The van der Waals surface area contributed by atoms with Crippen molar-refractivity contribution in [3.63, 3.8) is 0 Å². The summed E-state index contributed by atoms with van der Waals surface area (Å²) in [6.45, 7) is 11.0. The highest BCUT2D eigenvalue weighted by Crippen LogP contribution is 2.43. The van der Waals surface area contributed by atoms with Crippen LogP contribution in [0.1, 0.15) is 50.8 Å². The molecule has 2 atom stereocenters. The van der Waals surface area contributed by atoms with Gasteiger partial charge in [0.2, 0.25) is 5.95 Å². The number of hydrogen-bond donors (Lipinski definition) is 2. The van der Waals surface area contributed by atoms with Crippen LogP contribution in [0.2, 0.25) is 0 Å². The minimum Gasteiger partial charge on any atom is -0.447 e. The lowest BCUT2D eigenvalue weighted by atomic mass is 10.0. The summed E-state index contributed by atoms with van der Waals surface area (Å²) in [6, 6.07) is 10.6. The van der Waals surface area contributed by atoms with Gasteiger partial charge in [-0.2, -0.15) is 4.98 Å². The lowest BCUT2D eigenvalue weighted by Gasteiger charge is -2.36. The van der Waals surface area contributed by atoms with E-state index in [1.54, 1.807) is 17.2 Å². The fraction of sp³-hybridized carbons (Fsp3) is 0.560. The number of aromatic nitrogens is 2. The predicted octanol–water partition coefficient (Wildman–Crippen LogP) is 3.57. The van der Waals surface area contributed by atoms with Crippen molar-refractivity contribution < 1.29 is 9.53 Å². The van der Waals surface area contributed by atoms with E-state index in [0.29, 0.717) is 23.9 Å². The second kappa shape index (κ2) is 8.91. The number of nitrogens with one attached hydrogen (secondary N) is 2. The Labute approximate surface area is 195 Å². The molecule has 1 saturated carbocycles. The average Bonchev–Trinajstić information content (AvgIpc) is 3.47. The number of anilines is 2. The molecule has 2 N–H and O–H groups in total. The number of ether oxygens (including phenoxy) is 1. The van der Waals surface area contributed by atoms with Crippen molar-refractivity contribution in [3.8, 4) is 0 Å². The number of nitrogens with zero attached hydrogens (tertiary/aromatic N) is 4. The highest BCUT2D eigenvalue weighted by molar-refractivity contribution is 5.89. The van der Waals surface area contributed by atoms with Gasteiger partial charge < -0.3 is 15.4 Å². The minimum absolute atomic E-state index is 0.0179. The lowest BCUT2D eigenvalue weighted by Crippen LogP contribution is -2.52. The van der Waals surface area contributed by atoms with E-state index < -0.39 is 0 Å². The zero-order valence-electron chi connectivity index (χ0n) is 19.8. The molecule has 2 saturated heterocycles. The largest absolute Gasteiger partial charge is 0.447 e. The normalized spacial score (nSPS) is 23.1. The summed E-state index contributed by atoms with van der Waals surface area (Å²) in [5.74, 6) is 1.35. The van der Waals surface area contributed by atoms with Gasteiger partial charge in [0.1, 0.15) is 12.4 Å². The van der Waals surface area contributed by atoms with Gasteiger partial charge in [-0.1, -0.05) is 38.1 Å². The Morgan fingerprint density at radius 3 is 2.73 bits per heavy atom. The number of carbonyl (C=O) groups excluding carboxylic acids is 1. The van der Waals surface area contributed by atoms with Crippen molar-refractivity contribution in [1.82, 2.24) is 20.2 Å². The zero-order chi connectivity index (χ0) is 23.0. The summed E-state index contributed by atoms with van der Waals surface area (Å²) < 4.78 is 5.27. The van der Waals surface area contributed by atoms with Crippen molar-refractivity contribution >= 4 is 17.9 Å². The number of piperazine rings is 1. The summed E-state index contributed by atoms with van der Waals surface area (Å²) >= 11 is 0. The van der Waals surface area contributed by atoms with E-state index in [9.17, 15) is 4.79 Å². The molecule has 8 nitrogen and oxygen atoms in total. The molecule has 0 radical (unpaired) electrons. The molecule has 5 rings (SSSR count). The first kappa shape index (κ1) is 22.1. The summed E-state index contributed by atoms with van der Waals surface area (Å²) in [7, 11) is 0. The molecule has 33 heavy (non-hydrogen) atoms. The Morgan fingerprint density at radius 2 is 2.00 bits per heavy atom. The lowest BCUT2D eigenvalue weighted by molar-refractivity contribution is 0.134. The molecule has 2 aliphatic heterocycles. The predicted molar refractivity (Wildman–Crippen MR) is 128 cm³/mol. The second-order valence-corrected chi connectivity index (χ2v) is 9.93. The van der Waals surface area contributed by atoms with Gasteiger partial charge >= 0.3 is 6.09 Å². The molecule has 1 aliphatic carbocycles. The Hall–Kier alpha value is -2.71. The van der Waals surface area contributed by atoms with E-state index in [2.05, 4.69) is 70.5 Å². The van der Waals surface area contributed by atoms with Gasteiger partial charge in [0, 0.05) is 37.9 Å². The quantitative estimate of drug-likeness (QED) is 0.667. The Bertz CT molecular complexity index is 991. The van der Waals surface area contributed by atoms with Crippen LogP contribution in [0.15, 0.2) is 36.5 Å². The van der Waals surface area contributed by atoms with Crippen molar-refractivity contribution in [3.05, 3.63) is 47.7 Å². The molecule has 2 unspecified atom stereocenters. The Balaban J connectivity index is 1.24. The molecule has 1 aromatic carbocycles. The maximum absolute atomic E-state index is 12.3. The SMILES string of the molecule is CC(Nc1nccc(N2C(=O)OCC2C(C)C)n1)c1ccc(CN2CCNCC23CC3)cc1. The number of rotatable bonds is 7. The van der Waals surface area contributed by atoms with Gasteiger partial charge in [0.05, 0.1) is 12.1 Å². The van der Waals surface area contributed by atoms with Crippen LogP contribution in [0.3, 0.4) is 0 Å². The van der Waals surface area contributed by atoms with Crippen molar-refractivity contribution in [2.75, 3.05) is 36.5 Å². The van der Waals surface area contributed by atoms with E-state index in [4.69, 9.17) is 4.74 Å². The standard InChI is InChI=1S/C25H34N6O2/c1-17(2)21-15-33-24(32)31(21)22-8-11-27-23(29-22)28-18(3)20-6-4-19(5-7-20)14-30-13-12-26-16-25(30)9-10-25/h4-8,11,17-18,21,26H,9-10,12-16H2,1-3H3,(H,27,28,29). The van der Waals surface area contributed by atoms with E-state index in [1.807, 2.05) is 0 Å². The van der Waals surface area contributed by atoms with E-state index in [1.165, 1.54) is 24.0 Å². The highest BCUT2D eigenvalue weighted by atomic mass is 16.6. The van der Waals surface area contributed by atoms with Crippen LogP contribution in [0.25, 0.3) is 0 Å². The molecule has 3 heterocycles. The molecule has 8 heteroatoms. The molecule has 1 aromatic heterocycles. The number of cyclic esters (lactones) is 1. The van der Waals surface area contributed by atoms with Crippen LogP contribution in [-0.2, 0) is 11.3 Å². The molecular weight excluding hydrogens is 416 g/mol. The third-order valence-corrected chi connectivity index (χ3v) is 7.27. The molecule has 1 amide bonds. The van der Waals surface area contributed by atoms with Gasteiger partial charge in [-0.25, -0.2) is 9.78 Å². The van der Waals surface area contributed by atoms with Crippen LogP contribution in [-0.4, -0.2) is 58.8 Å². The van der Waals surface area contributed by atoms with E-state index in [0.717, 1.165) is 26.2 Å². The van der Waals surface area contributed by atoms with Gasteiger partial charge in [0.25, 0.3) is 0 Å². The smallest absolute Gasteiger partial charge is 0.415 e. The van der Waals surface area contributed by atoms with Gasteiger partial charge in [0.15, 0.2) is 0 Å². The summed E-state index contributed by atoms with van der Waals surface area (Å²) in [5.41, 5.74) is 2.93. The molecule has 0 bridgehead atoms. The molecule has 2 aromatic rings. The molecule has 3 fully saturated rings. The van der Waals surface area contributed by atoms with Crippen LogP contribution in [0.5, 0.6) is 0 Å². The van der Waals surface area contributed by atoms with Crippen LogP contribution in [0.4, 0.5) is 16.6 Å². The second-order valence-electron chi connectivity index (χ2n) is 9.93. The van der Waals surface area contributed by atoms with Gasteiger partial charge in [-0.05, 0) is 42.9 Å². The van der Waals surface area contributed by atoms with Crippen molar-refractivity contribution in [2.45, 2.75) is 57.8 Å². The third kappa shape index (κ3) is 4.54. The number of carbonyl (C=O) groups is 1. The van der Waals surface area contributed by atoms with Crippen LogP contribution < -0.4 is 15.5 Å². The number of benzene rings is 1.